The topological polar surface area (TPSA) is 29.3 Å². The molecule has 0 spiro atoms. The zero-order chi connectivity index (χ0) is 15.2. The second-order valence-electron chi connectivity index (χ2n) is 5.53. The molecule has 0 saturated heterocycles. The summed E-state index contributed by atoms with van der Waals surface area (Å²) in [6.07, 6.45) is 6.63. The largest absolute Gasteiger partial charge is 0.389 e. The van der Waals surface area contributed by atoms with E-state index in [1.807, 2.05) is 11.8 Å². The van der Waals surface area contributed by atoms with Crippen molar-refractivity contribution in [2.24, 2.45) is 5.73 Å². The molecule has 0 atom stereocenters. The molecular formula is C17H26N2S2. The number of hydrogen-bond donors (Lipinski definition) is 1. The van der Waals surface area contributed by atoms with Crippen molar-refractivity contribution in [3.05, 3.63) is 23.8 Å². The van der Waals surface area contributed by atoms with E-state index in [9.17, 15) is 0 Å². The first-order valence-electron chi connectivity index (χ1n) is 8.01. The molecule has 0 amide bonds. The Morgan fingerprint density at radius 2 is 2.00 bits per heavy atom. The molecule has 0 aliphatic heterocycles. The third kappa shape index (κ3) is 3.92. The van der Waals surface area contributed by atoms with Crippen molar-refractivity contribution in [1.82, 2.24) is 0 Å². The maximum Gasteiger partial charge on any atom is 0.107 e. The zero-order valence-electron chi connectivity index (χ0n) is 13.1. The molecule has 0 heterocycles. The predicted molar refractivity (Wildman–Crippen MR) is 98.6 cm³/mol. The van der Waals surface area contributed by atoms with Crippen LogP contribution in [0.3, 0.4) is 0 Å². The minimum atomic E-state index is 0.524. The van der Waals surface area contributed by atoms with Gasteiger partial charge in [-0.1, -0.05) is 44.5 Å². The minimum Gasteiger partial charge on any atom is -0.389 e. The van der Waals surface area contributed by atoms with Crippen LogP contribution < -0.4 is 10.6 Å². The van der Waals surface area contributed by atoms with Crippen molar-refractivity contribution in [2.45, 2.75) is 56.9 Å². The molecule has 4 heteroatoms. The lowest BCUT2D eigenvalue weighted by Gasteiger charge is -2.37. The number of thioether (sulfide) groups is 1. The third-order valence-electron chi connectivity index (χ3n) is 4.22. The highest BCUT2D eigenvalue weighted by atomic mass is 32.2. The van der Waals surface area contributed by atoms with E-state index in [0.717, 1.165) is 17.9 Å². The first kappa shape index (κ1) is 16.6. The molecule has 0 radical (unpaired) electrons. The Morgan fingerprint density at radius 3 is 2.57 bits per heavy atom. The lowest BCUT2D eigenvalue weighted by Crippen LogP contribution is -2.38. The van der Waals surface area contributed by atoms with Gasteiger partial charge in [0.25, 0.3) is 0 Å². The highest BCUT2D eigenvalue weighted by Gasteiger charge is 2.23. The standard InChI is InChI=1S/C17H26N2S2/c1-3-19(13-9-6-5-7-10-13)14-11-8-12-15(21-4-2)16(14)17(18)20/h8,11-13H,3-7,9-10H2,1-2H3,(H2,18,20). The number of hydrogen-bond acceptors (Lipinski definition) is 3. The maximum atomic E-state index is 6.06. The molecular weight excluding hydrogens is 296 g/mol. The maximum absolute atomic E-state index is 6.06. The molecule has 1 fully saturated rings. The normalized spacial score (nSPS) is 15.9. The molecule has 1 aromatic carbocycles. The molecule has 0 bridgehead atoms. The highest BCUT2D eigenvalue weighted by molar-refractivity contribution is 7.99. The van der Waals surface area contributed by atoms with Gasteiger partial charge in [0.1, 0.15) is 4.99 Å². The number of nitrogens with two attached hydrogens (primary N) is 1. The molecule has 2 N–H and O–H groups in total. The molecule has 2 rings (SSSR count). The summed E-state index contributed by atoms with van der Waals surface area (Å²) < 4.78 is 0. The van der Waals surface area contributed by atoms with Crippen LogP contribution in [-0.2, 0) is 0 Å². The van der Waals surface area contributed by atoms with Crippen LogP contribution in [0.2, 0.25) is 0 Å². The van der Waals surface area contributed by atoms with Gasteiger partial charge in [-0.3, -0.25) is 0 Å². The monoisotopic (exact) mass is 322 g/mol. The summed E-state index contributed by atoms with van der Waals surface area (Å²) in [4.78, 5) is 4.26. The van der Waals surface area contributed by atoms with Gasteiger partial charge in [-0.25, -0.2) is 0 Å². The summed E-state index contributed by atoms with van der Waals surface area (Å²) >= 11 is 7.18. The van der Waals surface area contributed by atoms with Gasteiger partial charge in [0.05, 0.1) is 0 Å². The average molecular weight is 323 g/mol. The number of anilines is 1. The van der Waals surface area contributed by atoms with E-state index in [1.165, 1.54) is 42.7 Å². The van der Waals surface area contributed by atoms with Crippen LogP contribution in [0.1, 0.15) is 51.5 Å². The molecule has 1 saturated carbocycles. The number of nitrogens with zero attached hydrogens (tertiary/aromatic N) is 1. The Balaban J connectivity index is 2.39. The van der Waals surface area contributed by atoms with Crippen molar-refractivity contribution in [3.8, 4) is 0 Å². The van der Waals surface area contributed by atoms with E-state index in [1.54, 1.807) is 0 Å². The summed E-state index contributed by atoms with van der Waals surface area (Å²) in [6.45, 7) is 5.41. The van der Waals surface area contributed by atoms with Crippen molar-refractivity contribution >= 4 is 34.7 Å². The lowest BCUT2D eigenvalue weighted by molar-refractivity contribution is 0.418. The van der Waals surface area contributed by atoms with Crippen molar-refractivity contribution < 1.29 is 0 Å². The zero-order valence-corrected chi connectivity index (χ0v) is 14.7. The summed E-state index contributed by atoms with van der Waals surface area (Å²) in [5.41, 5.74) is 8.37. The van der Waals surface area contributed by atoms with E-state index in [-0.39, 0.29) is 0 Å². The SMILES string of the molecule is CCSc1cccc(N(CC)C2CCCCC2)c1C(N)=S. The Hall–Kier alpha value is -0.740. The fourth-order valence-corrected chi connectivity index (χ4v) is 4.42. The predicted octanol–water partition coefficient (Wildman–Crippen LogP) is 4.59. The molecule has 0 aromatic heterocycles. The molecule has 1 aromatic rings. The summed E-state index contributed by atoms with van der Waals surface area (Å²) in [7, 11) is 0. The third-order valence-corrected chi connectivity index (χ3v) is 5.36. The van der Waals surface area contributed by atoms with Crippen LogP contribution in [0.5, 0.6) is 0 Å². The van der Waals surface area contributed by atoms with Crippen molar-refractivity contribution in [1.29, 1.82) is 0 Å². The van der Waals surface area contributed by atoms with Gasteiger partial charge in [0.15, 0.2) is 0 Å². The van der Waals surface area contributed by atoms with E-state index >= 15 is 0 Å². The van der Waals surface area contributed by atoms with Crippen LogP contribution in [0.25, 0.3) is 0 Å². The molecule has 2 nitrogen and oxygen atoms in total. The van der Waals surface area contributed by atoms with Gasteiger partial charge in [-0.2, -0.15) is 0 Å². The quantitative estimate of drug-likeness (QED) is 0.612. The summed E-state index contributed by atoms with van der Waals surface area (Å²) in [6, 6.07) is 7.10. The van der Waals surface area contributed by atoms with Gasteiger partial charge in [-0.15, -0.1) is 11.8 Å². The highest BCUT2D eigenvalue weighted by Crippen LogP contribution is 2.34. The van der Waals surface area contributed by atoms with Gasteiger partial charge >= 0.3 is 0 Å². The van der Waals surface area contributed by atoms with Crippen molar-refractivity contribution in [3.63, 3.8) is 0 Å². The summed E-state index contributed by atoms with van der Waals surface area (Å²) in [5.74, 6) is 1.04. The molecule has 1 aliphatic carbocycles. The molecule has 1 aliphatic rings. The van der Waals surface area contributed by atoms with Gasteiger partial charge in [-0.05, 0) is 37.7 Å². The molecule has 21 heavy (non-hydrogen) atoms. The van der Waals surface area contributed by atoms with Crippen molar-refractivity contribution in [2.75, 3.05) is 17.2 Å². The molecule has 0 unspecified atom stereocenters. The smallest absolute Gasteiger partial charge is 0.107 e. The fourth-order valence-electron chi connectivity index (χ4n) is 3.30. The Kier molecular flexibility index (Phi) is 6.37. The number of rotatable bonds is 6. The van der Waals surface area contributed by atoms with Gasteiger partial charge in [0, 0.05) is 28.7 Å². The molecule has 116 valence electrons. The van der Waals surface area contributed by atoms with E-state index in [4.69, 9.17) is 18.0 Å². The Labute approximate surface area is 138 Å². The van der Waals surface area contributed by atoms with Crippen LogP contribution in [0, 0.1) is 0 Å². The van der Waals surface area contributed by atoms with Crippen LogP contribution in [0.4, 0.5) is 5.69 Å². The number of benzene rings is 1. The van der Waals surface area contributed by atoms with Crippen LogP contribution >= 0.6 is 24.0 Å². The number of thiocarbonyl (C=S) groups is 1. The fraction of sp³-hybridized carbons (Fsp3) is 0.588. The average Bonchev–Trinajstić information content (AvgIpc) is 2.49. The van der Waals surface area contributed by atoms with E-state index < -0.39 is 0 Å². The Morgan fingerprint density at radius 1 is 1.29 bits per heavy atom. The summed E-state index contributed by atoms with van der Waals surface area (Å²) in [5, 5.41) is 0. The minimum absolute atomic E-state index is 0.524. The first-order valence-corrected chi connectivity index (χ1v) is 9.40. The van der Waals surface area contributed by atoms with Crippen LogP contribution in [-0.4, -0.2) is 23.3 Å². The van der Waals surface area contributed by atoms with Crippen LogP contribution in [0.15, 0.2) is 23.1 Å². The second kappa shape index (κ2) is 8.04. The lowest BCUT2D eigenvalue weighted by atomic mass is 9.93. The second-order valence-corrected chi connectivity index (χ2v) is 7.27. The Bertz CT molecular complexity index is 482. The van der Waals surface area contributed by atoms with E-state index in [2.05, 4.69) is 36.9 Å². The van der Waals surface area contributed by atoms with Gasteiger partial charge in [0.2, 0.25) is 0 Å². The van der Waals surface area contributed by atoms with Gasteiger partial charge < -0.3 is 10.6 Å². The first-order chi connectivity index (χ1) is 10.2. The van der Waals surface area contributed by atoms with E-state index in [0.29, 0.717) is 11.0 Å².